The molecule has 0 aliphatic carbocycles. The van der Waals surface area contributed by atoms with Gasteiger partial charge in [0.1, 0.15) is 12.4 Å². The lowest BCUT2D eigenvalue weighted by atomic mass is 10.1. The van der Waals surface area contributed by atoms with Crippen LogP contribution in [0.15, 0.2) is 79.0 Å². The van der Waals surface area contributed by atoms with E-state index in [4.69, 9.17) is 4.74 Å². The van der Waals surface area contributed by atoms with Gasteiger partial charge in [0, 0.05) is 17.3 Å². The predicted octanol–water partition coefficient (Wildman–Crippen LogP) is 4.15. The van der Waals surface area contributed by atoms with E-state index in [9.17, 15) is 4.79 Å². The summed E-state index contributed by atoms with van der Waals surface area (Å²) in [5.74, 6) is 0.643. The van der Waals surface area contributed by atoms with Crippen molar-refractivity contribution in [1.29, 1.82) is 0 Å². The van der Waals surface area contributed by atoms with E-state index in [1.807, 2.05) is 79.7 Å². The van der Waals surface area contributed by atoms with E-state index >= 15 is 0 Å². The SMILES string of the molecule is CC(NC(=O)c1ccccc1COc1ccccc1)c1ccccn1. The van der Waals surface area contributed by atoms with Crippen molar-refractivity contribution in [2.45, 2.75) is 19.6 Å². The third-order valence-corrected chi connectivity index (χ3v) is 3.88. The molecule has 1 N–H and O–H groups in total. The first-order chi connectivity index (χ1) is 12.2. The van der Waals surface area contributed by atoms with Crippen LogP contribution >= 0.6 is 0 Å². The lowest BCUT2D eigenvalue weighted by molar-refractivity contribution is 0.0936. The van der Waals surface area contributed by atoms with E-state index in [1.165, 1.54) is 0 Å². The van der Waals surface area contributed by atoms with E-state index in [1.54, 1.807) is 6.20 Å². The molecule has 0 saturated heterocycles. The van der Waals surface area contributed by atoms with Crippen molar-refractivity contribution >= 4 is 5.91 Å². The Hall–Kier alpha value is -3.14. The fraction of sp³-hybridized carbons (Fsp3) is 0.143. The normalized spacial score (nSPS) is 11.6. The highest BCUT2D eigenvalue weighted by atomic mass is 16.5. The van der Waals surface area contributed by atoms with Crippen LogP contribution < -0.4 is 10.1 Å². The summed E-state index contributed by atoms with van der Waals surface area (Å²) in [5, 5.41) is 2.99. The van der Waals surface area contributed by atoms with Crippen molar-refractivity contribution in [3.63, 3.8) is 0 Å². The number of aromatic nitrogens is 1. The van der Waals surface area contributed by atoms with Crippen LogP contribution in [0.5, 0.6) is 5.75 Å². The van der Waals surface area contributed by atoms with Crippen molar-refractivity contribution in [3.05, 3.63) is 95.8 Å². The number of para-hydroxylation sites is 1. The number of nitrogens with one attached hydrogen (secondary N) is 1. The van der Waals surface area contributed by atoms with Crippen molar-refractivity contribution in [2.75, 3.05) is 0 Å². The van der Waals surface area contributed by atoms with Crippen molar-refractivity contribution in [3.8, 4) is 5.75 Å². The van der Waals surface area contributed by atoms with Crippen molar-refractivity contribution in [1.82, 2.24) is 10.3 Å². The quantitative estimate of drug-likeness (QED) is 0.738. The molecular formula is C21H20N2O2. The monoisotopic (exact) mass is 332 g/mol. The fourth-order valence-electron chi connectivity index (χ4n) is 2.53. The Kier molecular flexibility index (Phi) is 5.42. The molecular weight excluding hydrogens is 312 g/mol. The molecule has 126 valence electrons. The fourth-order valence-corrected chi connectivity index (χ4v) is 2.53. The van der Waals surface area contributed by atoms with Crippen LogP contribution in [-0.2, 0) is 6.61 Å². The van der Waals surface area contributed by atoms with Gasteiger partial charge in [0.05, 0.1) is 11.7 Å². The molecule has 0 bridgehead atoms. The third kappa shape index (κ3) is 4.44. The average molecular weight is 332 g/mol. The number of nitrogens with zero attached hydrogens (tertiary/aromatic N) is 1. The number of benzene rings is 2. The van der Waals surface area contributed by atoms with E-state index in [0.29, 0.717) is 12.2 Å². The summed E-state index contributed by atoms with van der Waals surface area (Å²) >= 11 is 0. The van der Waals surface area contributed by atoms with Gasteiger partial charge in [-0.25, -0.2) is 0 Å². The van der Waals surface area contributed by atoms with Gasteiger partial charge >= 0.3 is 0 Å². The maximum absolute atomic E-state index is 12.7. The highest BCUT2D eigenvalue weighted by Gasteiger charge is 2.15. The number of amides is 1. The number of carbonyl (C=O) groups excluding carboxylic acids is 1. The van der Waals surface area contributed by atoms with Crippen LogP contribution in [0.1, 0.15) is 34.6 Å². The molecule has 2 aromatic carbocycles. The Balaban J connectivity index is 1.70. The number of carbonyl (C=O) groups is 1. The second-order valence-electron chi connectivity index (χ2n) is 5.71. The summed E-state index contributed by atoms with van der Waals surface area (Å²) in [6.45, 7) is 2.26. The number of hydrogen-bond donors (Lipinski definition) is 1. The number of hydrogen-bond acceptors (Lipinski definition) is 3. The maximum atomic E-state index is 12.7. The molecule has 1 unspecified atom stereocenters. The van der Waals surface area contributed by atoms with Gasteiger partial charge in [0.25, 0.3) is 5.91 Å². The molecule has 0 aliphatic rings. The van der Waals surface area contributed by atoms with E-state index < -0.39 is 0 Å². The van der Waals surface area contributed by atoms with Gasteiger partial charge in [0.2, 0.25) is 0 Å². The van der Waals surface area contributed by atoms with Gasteiger partial charge < -0.3 is 10.1 Å². The van der Waals surface area contributed by atoms with E-state index in [0.717, 1.165) is 17.0 Å². The summed E-state index contributed by atoms with van der Waals surface area (Å²) in [7, 11) is 0. The summed E-state index contributed by atoms with van der Waals surface area (Å²) < 4.78 is 5.78. The minimum absolute atomic E-state index is 0.134. The summed E-state index contributed by atoms with van der Waals surface area (Å²) in [6.07, 6.45) is 1.72. The molecule has 0 saturated carbocycles. The summed E-state index contributed by atoms with van der Waals surface area (Å²) in [4.78, 5) is 17.0. The van der Waals surface area contributed by atoms with Gasteiger partial charge in [-0.05, 0) is 37.3 Å². The second-order valence-corrected chi connectivity index (χ2v) is 5.71. The van der Waals surface area contributed by atoms with Crippen LogP contribution in [-0.4, -0.2) is 10.9 Å². The Bertz CT molecular complexity index is 820. The lowest BCUT2D eigenvalue weighted by Crippen LogP contribution is -2.28. The first-order valence-corrected chi connectivity index (χ1v) is 8.21. The third-order valence-electron chi connectivity index (χ3n) is 3.88. The first-order valence-electron chi connectivity index (χ1n) is 8.21. The van der Waals surface area contributed by atoms with Crippen molar-refractivity contribution < 1.29 is 9.53 Å². The van der Waals surface area contributed by atoms with E-state index in [-0.39, 0.29) is 11.9 Å². The van der Waals surface area contributed by atoms with Gasteiger partial charge in [-0.15, -0.1) is 0 Å². The predicted molar refractivity (Wildman–Crippen MR) is 97.3 cm³/mol. The first kappa shape index (κ1) is 16.7. The average Bonchev–Trinajstić information content (AvgIpc) is 2.68. The minimum atomic E-state index is -0.170. The molecule has 3 aromatic rings. The Labute approximate surface area is 147 Å². The zero-order valence-electron chi connectivity index (χ0n) is 14.1. The van der Waals surface area contributed by atoms with Crippen LogP contribution in [0.2, 0.25) is 0 Å². The molecule has 0 aliphatic heterocycles. The Morgan fingerprint density at radius 3 is 2.48 bits per heavy atom. The molecule has 0 fully saturated rings. The van der Waals surface area contributed by atoms with E-state index in [2.05, 4.69) is 10.3 Å². The zero-order chi connectivity index (χ0) is 17.5. The van der Waals surface area contributed by atoms with Gasteiger partial charge in [-0.1, -0.05) is 42.5 Å². The Morgan fingerprint density at radius 2 is 1.72 bits per heavy atom. The molecule has 0 radical (unpaired) electrons. The number of ether oxygens (including phenoxy) is 1. The number of pyridine rings is 1. The molecule has 1 amide bonds. The minimum Gasteiger partial charge on any atom is -0.489 e. The number of rotatable bonds is 6. The highest BCUT2D eigenvalue weighted by Crippen LogP contribution is 2.16. The smallest absolute Gasteiger partial charge is 0.252 e. The van der Waals surface area contributed by atoms with Crippen molar-refractivity contribution in [2.24, 2.45) is 0 Å². The van der Waals surface area contributed by atoms with Crippen LogP contribution in [0, 0.1) is 0 Å². The molecule has 1 atom stereocenters. The Morgan fingerprint density at radius 1 is 1.00 bits per heavy atom. The van der Waals surface area contributed by atoms with Gasteiger partial charge in [0.15, 0.2) is 0 Å². The molecule has 4 nitrogen and oxygen atoms in total. The maximum Gasteiger partial charge on any atom is 0.252 e. The second kappa shape index (κ2) is 8.11. The highest BCUT2D eigenvalue weighted by molar-refractivity contribution is 5.95. The molecule has 3 rings (SSSR count). The topological polar surface area (TPSA) is 51.2 Å². The summed E-state index contributed by atoms with van der Waals surface area (Å²) in [5.41, 5.74) is 2.28. The zero-order valence-corrected chi connectivity index (χ0v) is 14.1. The molecule has 0 spiro atoms. The molecule has 1 aromatic heterocycles. The largest absolute Gasteiger partial charge is 0.489 e. The van der Waals surface area contributed by atoms with Crippen LogP contribution in [0.4, 0.5) is 0 Å². The molecule has 1 heterocycles. The lowest BCUT2D eigenvalue weighted by Gasteiger charge is -2.15. The summed E-state index contributed by atoms with van der Waals surface area (Å²) in [6, 6.07) is 22.5. The van der Waals surface area contributed by atoms with Gasteiger partial charge in [-0.2, -0.15) is 0 Å². The molecule has 25 heavy (non-hydrogen) atoms. The van der Waals surface area contributed by atoms with Crippen LogP contribution in [0.3, 0.4) is 0 Å². The molecule has 4 heteroatoms. The van der Waals surface area contributed by atoms with Gasteiger partial charge in [-0.3, -0.25) is 9.78 Å². The van der Waals surface area contributed by atoms with Crippen LogP contribution in [0.25, 0.3) is 0 Å². The standard InChI is InChI=1S/C21H20N2O2/c1-16(20-13-7-8-14-22-20)23-21(24)19-12-6-5-9-17(19)15-25-18-10-3-2-4-11-18/h2-14,16H,15H2,1H3,(H,23,24).